The quantitative estimate of drug-likeness (QED) is 0.915. The van der Waals surface area contributed by atoms with E-state index in [2.05, 4.69) is 4.98 Å². The van der Waals surface area contributed by atoms with Gasteiger partial charge in [-0.1, -0.05) is 12.1 Å². The zero-order valence-corrected chi connectivity index (χ0v) is 12.3. The van der Waals surface area contributed by atoms with Crippen LogP contribution in [0.2, 0.25) is 0 Å². The van der Waals surface area contributed by atoms with E-state index in [0.717, 1.165) is 4.31 Å². The molecule has 0 spiro atoms. The van der Waals surface area contributed by atoms with Gasteiger partial charge in [0.15, 0.2) is 0 Å². The van der Waals surface area contributed by atoms with Crippen LogP contribution in [0, 0.1) is 5.82 Å². The van der Waals surface area contributed by atoms with Gasteiger partial charge in [-0.3, -0.25) is 9.29 Å². The minimum atomic E-state index is -3.92. The number of nitrogens with zero attached hydrogens (tertiary/aromatic N) is 2. The summed E-state index contributed by atoms with van der Waals surface area (Å²) in [7, 11) is -3.92. The summed E-state index contributed by atoms with van der Waals surface area (Å²) in [6, 6.07) is 8.68. The van der Waals surface area contributed by atoms with Gasteiger partial charge < -0.3 is 5.73 Å². The molecule has 0 saturated carbocycles. The molecule has 0 atom stereocenters. The number of para-hydroxylation sites is 1. The molecule has 5 nitrogen and oxygen atoms in total. The van der Waals surface area contributed by atoms with Crippen molar-refractivity contribution >= 4 is 15.7 Å². The largest absolute Gasteiger partial charge is 0.325 e. The number of hydrogen-bond donors (Lipinski definition) is 1. The molecular weight excluding hydrogens is 293 g/mol. The predicted octanol–water partition coefficient (Wildman–Crippen LogP) is 1.89. The van der Waals surface area contributed by atoms with Crippen LogP contribution in [0.25, 0.3) is 0 Å². The molecule has 2 rings (SSSR count). The second kappa shape index (κ2) is 6.19. The molecule has 0 aliphatic heterocycles. The van der Waals surface area contributed by atoms with E-state index in [9.17, 15) is 12.8 Å². The smallest absolute Gasteiger partial charge is 0.266 e. The highest BCUT2D eigenvalue weighted by atomic mass is 32.2. The monoisotopic (exact) mass is 309 g/mol. The van der Waals surface area contributed by atoms with Crippen LogP contribution in [0.5, 0.6) is 0 Å². The van der Waals surface area contributed by atoms with Gasteiger partial charge in [0, 0.05) is 19.3 Å². The Morgan fingerprint density at radius 3 is 2.57 bits per heavy atom. The van der Waals surface area contributed by atoms with Crippen molar-refractivity contribution in [2.24, 2.45) is 5.73 Å². The van der Waals surface area contributed by atoms with Crippen LogP contribution < -0.4 is 10.0 Å². The average molecular weight is 309 g/mol. The van der Waals surface area contributed by atoms with Crippen molar-refractivity contribution in [2.75, 3.05) is 10.8 Å². The fourth-order valence-electron chi connectivity index (χ4n) is 2.05. The van der Waals surface area contributed by atoms with Crippen molar-refractivity contribution in [3.05, 3.63) is 54.1 Å². The Labute approximate surface area is 123 Å². The Kier molecular flexibility index (Phi) is 4.54. The van der Waals surface area contributed by atoms with Gasteiger partial charge in [0.25, 0.3) is 10.0 Å². The van der Waals surface area contributed by atoms with Crippen molar-refractivity contribution < 1.29 is 12.8 Å². The summed E-state index contributed by atoms with van der Waals surface area (Å²) < 4.78 is 40.4. The lowest BCUT2D eigenvalue weighted by atomic mass is 10.3. The predicted molar refractivity (Wildman–Crippen MR) is 78.7 cm³/mol. The number of rotatable bonds is 5. The number of nitrogens with two attached hydrogens (primary N) is 1. The number of halogens is 1. The lowest BCUT2D eigenvalue weighted by Crippen LogP contribution is -2.32. The third kappa shape index (κ3) is 2.88. The third-order valence-corrected chi connectivity index (χ3v) is 4.98. The molecular formula is C14H16FN3O2S. The summed E-state index contributed by atoms with van der Waals surface area (Å²) >= 11 is 0. The first-order valence-corrected chi connectivity index (χ1v) is 7.87. The molecule has 0 unspecified atom stereocenters. The highest BCUT2D eigenvalue weighted by Gasteiger charge is 2.27. The fourth-order valence-corrected chi connectivity index (χ4v) is 3.72. The first-order chi connectivity index (χ1) is 10.0. The van der Waals surface area contributed by atoms with Gasteiger partial charge in [-0.15, -0.1) is 0 Å². The molecule has 112 valence electrons. The van der Waals surface area contributed by atoms with Gasteiger partial charge in [0.05, 0.1) is 11.4 Å². The van der Waals surface area contributed by atoms with E-state index >= 15 is 0 Å². The number of sulfonamides is 1. The van der Waals surface area contributed by atoms with Gasteiger partial charge in [0.2, 0.25) is 0 Å². The Morgan fingerprint density at radius 1 is 1.24 bits per heavy atom. The molecule has 0 radical (unpaired) electrons. The van der Waals surface area contributed by atoms with Crippen LogP contribution in [0.3, 0.4) is 0 Å². The van der Waals surface area contributed by atoms with Crippen molar-refractivity contribution in [2.45, 2.75) is 18.4 Å². The van der Waals surface area contributed by atoms with Gasteiger partial charge in [-0.25, -0.2) is 12.8 Å². The molecule has 1 aromatic carbocycles. The number of anilines is 1. The van der Waals surface area contributed by atoms with E-state index in [4.69, 9.17) is 5.73 Å². The van der Waals surface area contributed by atoms with Gasteiger partial charge in [0.1, 0.15) is 10.7 Å². The summed E-state index contributed by atoms with van der Waals surface area (Å²) in [5.74, 6) is -0.596. The summed E-state index contributed by atoms with van der Waals surface area (Å²) in [5, 5.41) is 0. The van der Waals surface area contributed by atoms with Crippen LogP contribution in [0.4, 0.5) is 10.1 Å². The molecule has 0 bridgehead atoms. The van der Waals surface area contributed by atoms with Gasteiger partial charge >= 0.3 is 0 Å². The summed E-state index contributed by atoms with van der Waals surface area (Å²) in [6.45, 7) is 1.73. The molecule has 2 aromatic rings. The number of aromatic nitrogens is 1. The zero-order chi connectivity index (χ0) is 15.5. The maximum atomic E-state index is 13.9. The molecule has 1 heterocycles. The zero-order valence-electron chi connectivity index (χ0n) is 11.5. The van der Waals surface area contributed by atoms with E-state index in [1.807, 2.05) is 0 Å². The Bertz CT molecular complexity index is 735. The van der Waals surface area contributed by atoms with Crippen molar-refractivity contribution in [1.82, 2.24) is 4.98 Å². The summed E-state index contributed by atoms with van der Waals surface area (Å²) in [6.07, 6.45) is 1.47. The number of pyridine rings is 1. The summed E-state index contributed by atoms with van der Waals surface area (Å²) in [4.78, 5) is 3.97. The van der Waals surface area contributed by atoms with Crippen LogP contribution >= 0.6 is 0 Å². The van der Waals surface area contributed by atoms with E-state index in [1.54, 1.807) is 13.0 Å². The second-order valence-electron chi connectivity index (χ2n) is 4.27. The SMILES string of the molecule is CCN(c1ccccc1F)S(=O)(=O)c1cccnc1CN. The number of hydrogen-bond acceptors (Lipinski definition) is 4. The average Bonchev–Trinajstić information content (AvgIpc) is 2.49. The van der Waals surface area contributed by atoms with Crippen LogP contribution in [0.15, 0.2) is 47.5 Å². The normalized spacial score (nSPS) is 11.4. The molecule has 21 heavy (non-hydrogen) atoms. The maximum Gasteiger partial charge on any atom is 0.266 e. The van der Waals surface area contributed by atoms with E-state index in [-0.39, 0.29) is 29.4 Å². The Hall–Kier alpha value is -1.99. The molecule has 1 aromatic heterocycles. The standard InChI is InChI=1S/C14H16FN3O2S/c1-2-18(13-7-4-3-6-11(13)15)21(19,20)14-8-5-9-17-12(14)10-16/h3-9H,2,10,16H2,1H3. The maximum absolute atomic E-state index is 13.9. The van der Waals surface area contributed by atoms with Gasteiger partial charge in [-0.05, 0) is 31.2 Å². The molecule has 0 fully saturated rings. The van der Waals surface area contributed by atoms with E-state index < -0.39 is 15.8 Å². The minimum absolute atomic E-state index is 0.00222. The lowest BCUT2D eigenvalue weighted by Gasteiger charge is -2.24. The molecule has 0 aliphatic carbocycles. The molecule has 0 amide bonds. The van der Waals surface area contributed by atoms with Crippen molar-refractivity contribution in [3.8, 4) is 0 Å². The highest BCUT2D eigenvalue weighted by Crippen LogP contribution is 2.26. The highest BCUT2D eigenvalue weighted by molar-refractivity contribution is 7.92. The Balaban J connectivity index is 2.58. The third-order valence-electron chi connectivity index (χ3n) is 3.02. The molecule has 0 saturated heterocycles. The van der Waals surface area contributed by atoms with Crippen LogP contribution in [-0.4, -0.2) is 19.9 Å². The molecule has 2 N–H and O–H groups in total. The topological polar surface area (TPSA) is 76.3 Å². The molecule has 0 aliphatic rings. The van der Waals surface area contributed by atoms with Crippen molar-refractivity contribution in [3.63, 3.8) is 0 Å². The van der Waals surface area contributed by atoms with Crippen LogP contribution in [-0.2, 0) is 16.6 Å². The fraction of sp³-hybridized carbons (Fsp3) is 0.214. The first kappa shape index (κ1) is 15.4. The van der Waals surface area contributed by atoms with E-state index in [1.165, 1.54) is 36.5 Å². The van der Waals surface area contributed by atoms with Crippen LogP contribution in [0.1, 0.15) is 12.6 Å². The second-order valence-corrected chi connectivity index (χ2v) is 6.10. The number of benzene rings is 1. The minimum Gasteiger partial charge on any atom is -0.325 e. The lowest BCUT2D eigenvalue weighted by molar-refractivity contribution is 0.584. The van der Waals surface area contributed by atoms with Gasteiger partial charge in [-0.2, -0.15) is 0 Å². The first-order valence-electron chi connectivity index (χ1n) is 6.43. The van der Waals surface area contributed by atoms with E-state index in [0.29, 0.717) is 0 Å². The summed E-state index contributed by atoms with van der Waals surface area (Å²) in [5.41, 5.74) is 5.80. The Morgan fingerprint density at radius 2 is 1.95 bits per heavy atom. The van der Waals surface area contributed by atoms with Crippen molar-refractivity contribution in [1.29, 1.82) is 0 Å². The molecule has 7 heteroatoms.